The van der Waals surface area contributed by atoms with Crippen molar-refractivity contribution in [2.45, 2.75) is 53.4 Å². The van der Waals surface area contributed by atoms with Crippen molar-refractivity contribution in [3.63, 3.8) is 0 Å². The van der Waals surface area contributed by atoms with Crippen molar-refractivity contribution in [2.24, 2.45) is 5.41 Å². The molecule has 2 N–H and O–H groups in total. The van der Waals surface area contributed by atoms with Gasteiger partial charge in [0.2, 0.25) is 0 Å². The monoisotopic (exact) mass is 295 g/mol. The summed E-state index contributed by atoms with van der Waals surface area (Å²) in [5.74, 6) is -1.02. The van der Waals surface area contributed by atoms with Crippen LogP contribution in [0, 0.1) is 5.41 Å². The SMILES string of the molecule is CCc1oc(C(=O)NCCCCC(C)(C)C)cc1C(=O)O. The van der Waals surface area contributed by atoms with E-state index in [0.717, 1.165) is 19.3 Å². The first-order valence-corrected chi connectivity index (χ1v) is 7.39. The molecule has 118 valence electrons. The number of hydrogen-bond acceptors (Lipinski definition) is 3. The lowest BCUT2D eigenvalue weighted by Gasteiger charge is -2.17. The van der Waals surface area contributed by atoms with Crippen LogP contribution in [0.3, 0.4) is 0 Å². The molecule has 1 aromatic rings. The summed E-state index contributed by atoms with van der Waals surface area (Å²) < 4.78 is 5.31. The molecule has 0 aliphatic heterocycles. The van der Waals surface area contributed by atoms with Crippen molar-refractivity contribution in [3.8, 4) is 0 Å². The van der Waals surface area contributed by atoms with Crippen LogP contribution in [0.4, 0.5) is 0 Å². The standard InChI is InChI=1S/C16H25NO4/c1-5-12-11(15(19)20)10-13(21-12)14(18)17-9-7-6-8-16(2,3)4/h10H,5-9H2,1-4H3,(H,17,18)(H,19,20). The second-order valence-corrected chi connectivity index (χ2v) is 6.38. The first-order chi connectivity index (χ1) is 9.74. The van der Waals surface area contributed by atoms with Gasteiger partial charge in [-0.1, -0.05) is 34.1 Å². The molecular formula is C16H25NO4. The summed E-state index contributed by atoms with van der Waals surface area (Å²) in [4.78, 5) is 22.9. The normalized spacial score (nSPS) is 11.4. The summed E-state index contributed by atoms with van der Waals surface area (Å²) in [6.07, 6.45) is 3.49. The minimum Gasteiger partial charge on any atom is -0.478 e. The third kappa shape index (κ3) is 5.61. The molecule has 5 nitrogen and oxygen atoms in total. The van der Waals surface area contributed by atoms with E-state index < -0.39 is 5.97 Å². The van der Waals surface area contributed by atoms with Gasteiger partial charge in [-0.15, -0.1) is 0 Å². The highest BCUT2D eigenvalue weighted by Gasteiger charge is 2.19. The van der Waals surface area contributed by atoms with Gasteiger partial charge in [0.25, 0.3) is 5.91 Å². The van der Waals surface area contributed by atoms with E-state index in [1.54, 1.807) is 6.92 Å². The summed E-state index contributed by atoms with van der Waals surface area (Å²) in [7, 11) is 0. The zero-order valence-corrected chi connectivity index (χ0v) is 13.3. The lowest BCUT2D eigenvalue weighted by Crippen LogP contribution is -2.24. The molecule has 0 bridgehead atoms. The van der Waals surface area contributed by atoms with Crippen LogP contribution >= 0.6 is 0 Å². The van der Waals surface area contributed by atoms with Crippen LogP contribution in [0.2, 0.25) is 0 Å². The summed E-state index contributed by atoms with van der Waals surface area (Å²) in [5.41, 5.74) is 0.368. The van der Waals surface area contributed by atoms with Gasteiger partial charge in [-0.3, -0.25) is 4.79 Å². The van der Waals surface area contributed by atoms with Crippen LogP contribution in [0.15, 0.2) is 10.5 Å². The Kier molecular flexibility index (Phi) is 6.00. The van der Waals surface area contributed by atoms with Gasteiger partial charge in [-0.25, -0.2) is 4.79 Å². The number of nitrogens with one attached hydrogen (secondary N) is 1. The Bertz CT molecular complexity index is 497. The third-order valence-electron chi connectivity index (χ3n) is 3.22. The van der Waals surface area contributed by atoms with Crippen LogP contribution in [-0.4, -0.2) is 23.5 Å². The van der Waals surface area contributed by atoms with Crippen molar-refractivity contribution in [1.29, 1.82) is 0 Å². The summed E-state index contributed by atoms with van der Waals surface area (Å²) >= 11 is 0. The van der Waals surface area contributed by atoms with Crippen LogP contribution in [0.5, 0.6) is 0 Å². The number of furan rings is 1. The zero-order chi connectivity index (χ0) is 16.0. The number of unbranched alkanes of at least 4 members (excludes halogenated alkanes) is 1. The van der Waals surface area contributed by atoms with Crippen LogP contribution < -0.4 is 5.32 Å². The predicted octanol–water partition coefficient (Wildman–Crippen LogP) is 3.49. The first-order valence-electron chi connectivity index (χ1n) is 7.39. The van der Waals surface area contributed by atoms with Crippen molar-refractivity contribution in [3.05, 3.63) is 23.2 Å². The van der Waals surface area contributed by atoms with E-state index in [9.17, 15) is 9.59 Å². The number of carboxylic acids is 1. The summed E-state index contributed by atoms with van der Waals surface area (Å²) in [5, 5.41) is 11.8. The van der Waals surface area contributed by atoms with E-state index in [-0.39, 0.29) is 17.2 Å². The number of aryl methyl sites for hydroxylation is 1. The van der Waals surface area contributed by atoms with Crippen molar-refractivity contribution >= 4 is 11.9 Å². The first kappa shape index (κ1) is 17.3. The van der Waals surface area contributed by atoms with E-state index in [4.69, 9.17) is 9.52 Å². The zero-order valence-electron chi connectivity index (χ0n) is 13.3. The second-order valence-electron chi connectivity index (χ2n) is 6.38. The molecule has 1 heterocycles. The van der Waals surface area contributed by atoms with Crippen molar-refractivity contribution < 1.29 is 19.1 Å². The molecule has 0 saturated carbocycles. The van der Waals surface area contributed by atoms with E-state index in [0.29, 0.717) is 24.1 Å². The number of carbonyl (C=O) groups excluding carboxylic acids is 1. The van der Waals surface area contributed by atoms with Gasteiger partial charge in [0, 0.05) is 19.0 Å². The molecule has 5 heteroatoms. The fourth-order valence-electron chi connectivity index (χ4n) is 2.05. The van der Waals surface area contributed by atoms with E-state index in [1.165, 1.54) is 6.07 Å². The van der Waals surface area contributed by atoms with Gasteiger partial charge in [0.1, 0.15) is 11.3 Å². The maximum atomic E-state index is 11.9. The second kappa shape index (κ2) is 7.29. The molecule has 0 atom stereocenters. The summed E-state index contributed by atoms with van der Waals surface area (Å²) in [6.45, 7) is 8.93. The lowest BCUT2D eigenvalue weighted by atomic mass is 9.90. The Balaban J connectivity index is 2.47. The fourth-order valence-corrected chi connectivity index (χ4v) is 2.05. The van der Waals surface area contributed by atoms with Gasteiger partial charge in [-0.05, 0) is 18.3 Å². The Hall–Kier alpha value is -1.78. The van der Waals surface area contributed by atoms with Crippen LogP contribution in [-0.2, 0) is 6.42 Å². The molecular weight excluding hydrogens is 270 g/mol. The van der Waals surface area contributed by atoms with Crippen LogP contribution in [0.1, 0.15) is 73.6 Å². The number of aromatic carboxylic acids is 1. The molecule has 1 rings (SSSR count). The van der Waals surface area contributed by atoms with E-state index >= 15 is 0 Å². The number of carbonyl (C=O) groups is 2. The van der Waals surface area contributed by atoms with Gasteiger partial charge >= 0.3 is 5.97 Å². The van der Waals surface area contributed by atoms with Gasteiger partial charge in [0.05, 0.1) is 0 Å². The maximum absolute atomic E-state index is 11.9. The number of carboxylic acid groups (broad SMARTS) is 1. The average molecular weight is 295 g/mol. The molecule has 1 aromatic heterocycles. The molecule has 0 fully saturated rings. The minimum absolute atomic E-state index is 0.0652. The Labute approximate surface area is 125 Å². The third-order valence-corrected chi connectivity index (χ3v) is 3.22. The van der Waals surface area contributed by atoms with E-state index in [2.05, 4.69) is 26.1 Å². The predicted molar refractivity (Wildman–Crippen MR) is 80.7 cm³/mol. The molecule has 1 amide bonds. The fraction of sp³-hybridized carbons (Fsp3) is 0.625. The van der Waals surface area contributed by atoms with E-state index in [1.807, 2.05) is 0 Å². The molecule has 0 saturated heterocycles. The van der Waals surface area contributed by atoms with Crippen molar-refractivity contribution in [1.82, 2.24) is 5.32 Å². The van der Waals surface area contributed by atoms with Gasteiger partial charge in [0.15, 0.2) is 5.76 Å². The Morgan fingerprint density at radius 2 is 1.95 bits per heavy atom. The number of hydrogen-bond donors (Lipinski definition) is 2. The van der Waals surface area contributed by atoms with Gasteiger partial charge < -0.3 is 14.8 Å². The maximum Gasteiger partial charge on any atom is 0.339 e. The Morgan fingerprint density at radius 1 is 1.29 bits per heavy atom. The smallest absolute Gasteiger partial charge is 0.339 e. The number of rotatable bonds is 7. The van der Waals surface area contributed by atoms with Crippen LogP contribution in [0.25, 0.3) is 0 Å². The molecule has 0 aliphatic carbocycles. The largest absolute Gasteiger partial charge is 0.478 e. The summed E-state index contributed by atoms with van der Waals surface area (Å²) in [6, 6.07) is 1.30. The Morgan fingerprint density at radius 3 is 2.43 bits per heavy atom. The molecule has 21 heavy (non-hydrogen) atoms. The molecule has 0 unspecified atom stereocenters. The molecule has 0 aliphatic rings. The van der Waals surface area contributed by atoms with Gasteiger partial charge in [-0.2, -0.15) is 0 Å². The average Bonchev–Trinajstić information content (AvgIpc) is 2.81. The molecule has 0 spiro atoms. The number of amides is 1. The highest BCUT2D eigenvalue weighted by atomic mass is 16.4. The topological polar surface area (TPSA) is 79.5 Å². The highest BCUT2D eigenvalue weighted by Crippen LogP contribution is 2.21. The minimum atomic E-state index is -1.07. The van der Waals surface area contributed by atoms with Crippen molar-refractivity contribution in [2.75, 3.05) is 6.54 Å². The molecule has 0 aromatic carbocycles. The molecule has 0 radical (unpaired) electrons. The highest BCUT2D eigenvalue weighted by molar-refractivity contribution is 5.96. The quantitative estimate of drug-likeness (QED) is 0.755. The lowest BCUT2D eigenvalue weighted by molar-refractivity contribution is 0.0694.